The fourth-order valence-electron chi connectivity index (χ4n) is 3.80. The number of esters is 1. The fraction of sp³-hybridized carbons (Fsp3) is 0.808. The molecule has 6 atom stereocenters. The fourth-order valence-corrected chi connectivity index (χ4v) is 3.80. The Morgan fingerprint density at radius 1 is 0.882 bits per heavy atom. The molecule has 0 aromatic rings. The van der Waals surface area contributed by atoms with Gasteiger partial charge in [0.2, 0.25) is 6.29 Å². The molecular weight excluding hydrogens is 440 g/mol. The third-order valence-electron chi connectivity index (χ3n) is 5.98. The minimum absolute atomic E-state index is 0.0995. The zero-order valence-electron chi connectivity index (χ0n) is 20.6. The molecule has 8 nitrogen and oxygen atoms in total. The Hall–Kier alpha value is -1.29. The molecule has 1 fully saturated rings. The summed E-state index contributed by atoms with van der Waals surface area (Å²) in [5, 5.41) is 48.4. The first-order chi connectivity index (χ1) is 16.4. The van der Waals surface area contributed by atoms with Gasteiger partial charge >= 0.3 is 5.97 Å². The van der Waals surface area contributed by atoms with Crippen LogP contribution in [0.3, 0.4) is 0 Å². The molecule has 6 unspecified atom stereocenters. The Morgan fingerprint density at radius 3 is 2.21 bits per heavy atom. The van der Waals surface area contributed by atoms with Crippen LogP contribution in [0.4, 0.5) is 0 Å². The van der Waals surface area contributed by atoms with E-state index in [-0.39, 0.29) is 12.5 Å². The van der Waals surface area contributed by atoms with Gasteiger partial charge in [0.05, 0.1) is 12.7 Å². The molecule has 5 N–H and O–H groups in total. The Labute approximate surface area is 204 Å². The number of allylic oxidation sites excluding steroid dienone is 3. The lowest BCUT2D eigenvalue weighted by Gasteiger charge is -2.39. The summed E-state index contributed by atoms with van der Waals surface area (Å²) in [7, 11) is 0. The molecule has 1 aliphatic rings. The zero-order chi connectivity index (χ0) is 25.2. The second kappa shape index (κ2) is 19.0. The first-order valence-electron chi connectivity index (χ1n) is 12.9. The average molecular weight is 487 g/mol. The van der Waals surface area contributed by atoms with Crippen LogP contribution in [0, 0.1) is 0 Å². The standard InChI is InChI=1S/C26H46O8/c1-2-3-4-13-16-20(28)17-14-11-9-7-5-6-8-10-12-15-18-22(29)34-26-25(32)24(31)23(30)21(19-27)33-26/h10,12,14,17,20-21,23-28,30-32H,2-9,11,13,15-16,18-19H2,1H3/b12-10+,17-14+. The molecule has 34 heavy (non-hydrogen) atoms. The van der Waals surface area contributed by atoms with Crippen molar-refractivity contribution in [1.82, 2.24) is 0 Å². The molecule has 1 rings (SSSR count). The molecule has 0 radical (unpaired) electrons. The monoisotopic (exact) mass is 486 g/mol. The summed E-state index contributed by atoms with van der Waals surface area (Å²) in [4.78, 5) is 11.9. The van der Waals surface area contributed by atoms with E-state index in [9.17, 15) is 25.2 Å². The zero-order valence-corrected chi connectivity index (χ0v) is 20.6. The lowest BCUT2D eigenvalue weighted by atomic mass is 9.99. The van der Waals surface area contributed by atoms with E-state index >= 15 is 0 Å². The van der Waals surface area contributed by atoms with Crippen LogP contribution in [0.2, 0.25) is 0 Å². The number of aliphatic hydroxyl groups is 5. The summed E-state index contributed by atoms with van der Waals surface area (Å²) < 4.78 is 10.2. The van der Waals surface area contributed by atoms with Gasteiger partial charge in [0.25, 0.3) is 0 Å². The quantitative estimate of drug-likeness (QED) is 0.113. The molecule has 1 aliphatic heterocycles. The molecule has 8 heteroatoms. The van der Waals surface area contributed by atoms with Crippen molar-refractivity contribution in [2.24, 2.45) is 0 Å². The second-order valence-electron chi connectivity index (χ2n) is 9.03. The third kappa shape index (κ3) is 13.0. The molecule has 0 amide bonds. The van der Waals surface area contributed by atoms with E-state index < -0.39 is 43.3 Å². The van der Waals surface area contributed by atoms with Crippen molar-refractivity contribution in [3.05, 3.63) is 24.3 Å². The van der Waals surface area contributed by atoms with E-state index in [0.29, 0.717) is 6.42 Å². The number of aliphatic hydroxyl groups excluding tert-OH is 5. The Kier molecular flexibility index (Phi) is 17.1. The molecule has 0 bridgehead atoms. The lowest BCUT2D eigenvalue weighted by Crippen LogP contribution is -2.59. The average Bonchev–Trinajstić information content (AvgIpc) is 2.82. The highest BCUT2D eigenvalue weighted by Crippen LogP contribution is 2.22. The van der Waals surface area contributed by atoms with Crippen molar-refractivity contribution < 1.29 is 39.8 Å². The van der Waals surface area contributed by atoms with Gasteiger partial charge in [-0.25, -0.2) is 0 Å². The van der Waals surface area contributed by atoms with Crippen LogP contribution in [0.15, 0.2) is 24.3 Å². The number of unbranched alkanes of at least 4 members (excludes halogenated alkanes) is 8. The van der Waals surface area contributed by atoms with Gasteiger partial charge in [-0.1, -0.05) is 69.8 Å². The smallest absolute Gasteiger partial charge is 0.308 e. The number of hydrogen-bond acceptors (Lipinski definition) is 8. The van der Waals surface area contributed by atoms with E-state index in [1.807, 2.05) is 18.2 Å². The van der Waals surface area contributed by atoms with Crippen LogP contribution in [0.5, 0.6) is 0 Å². The maximum atomic E-state index is 11.9. The minimum Gasteiger partial charge on any atom is -0.433 e. The van der Waals surface area contributed by atoms with Crippen molar-refractivity contribution in [1.29, 1.82) is 0 Å². The Bertz CT molecular complexity index is 577. The number of carbonyl (C=O) groups excluding carboxylic acids is 1. The van der Waals surface area contributed by atoms with Crippen molar-refractivity contribution in [2.45, 2.75) is 127 Å². The van der Waals surface area contributed by atoms with E-state index in [0.717, 1.165) is 51.4 Å². The summed E-state index contributed by atoms with van der Waals surface area (Å²) in [5.41, 5.74) is 0. The summed E-state index contributed by atoms with van der Waals surface area (Å²) in [6.07, 6.45) is 13.1. The highest BCUT2D eigenvalue weighted by atomic mass is 16.7. The van der Waals surface area contributed by atoms with Crippen molar-refractivity contribution >= 4 is 5.97 Å². The van der Waals surface area contributed by atoms with Crippen molar-refractivity contribution in [2.75, 3.05) is 6.61 Å². The van der Waals surface area contributed by atoms with Crippen LogP contribution < -0.4 is 0 Å². The van der Waals surface area contributed by atoms with Gasteiger partial charge in [-0.15, -0.1) is 0 Å². The lowest BCUT2D eigenvalue weighted by molar-refractivity contribution is -0.292. The second-order valence-corrected chi connectivity index (χ2v) is 9.03. The molecule has 0 saturated carbocycles. The van der Waals surface area contributed by atoms with E-state index in [2.05, 4.69) is 13.0 Å². The van der Waals surface area contributed by atoms with Crippen LogP contribution in [-0.2, 0) is 14.3 Å². The molecule has 1 saturated heterocycles. The van der Waals surface area contributed by atoms with E-state index in [4.69, 9.17) is 14.6 Å². The van der Waals surface area contributed by atoms with Crippen molar-refractivity contribution in [3.8, 4) is 0 Å². The minimum atomic E-state index is -1.58. The molecule has 0 aliphatic carbocycles. The normalized spacial score (nSPS) is 26.4. The van der Waals surface area contributed by atoms with Crippen molar-refractivity contribution in [3.63, 3.8) is 0 Å². The predicted molar refractivity (Wildman–Crippen MR) is 130 cm³/mol. The Balaban J connectivity index is 2.03. The van der Waals surface area contributed by atoms with Gasteiger partial charge in [-0.05, 0) is 38.5 Å². The molecule has 1 heterocycles. The highest BCUT2D eigenvalue weighted by molar-refractivity contribution is 5.69. The predicted octanol–water partition coefficient (Wildman–Crippen LogP) is 2.89. The molecule has 0 spiro atoms. The summed E-state index contributed by atoms with van der Waals surface area (Å²) in [5.74, 6) is -0.590. The molecule has 198 valence electrons. The largest absolute Gasteiger partial charge is 0.433 e. The number of ether oxygens (including phenoxy) is 2. The SMILES string of the molecule is CCCCCCC(O)/C=C/CCCCCC/C=C/CCC(=O)OC1OC(CO)C(O)C(O)C1O. The summed E-state index contributed by atoms with van der Waals surface area (Å²) >= 11 is 0. The van der Waals surface area contributed by atoms with E-state index in [1.54, 1.807) is 0 Å². The number of rotatable bonds is 18. The maximum Gasteiger partial charge on any atom is 0.308 e. The summed E-state index contributed by atoms with van der Waals surface area (Å²) in [6, 6.07) is 0. The molecule has 0 aromatic heterocycles. The molecular formula is C26H46O8. The van der Waals surface area contributed by atoms with Crippen LogP contribution in [-0.4, -0.2) is 74.9 Å². The topological polar surface area (TPSA) is 137 Å². The van der Waals surface area contributed by atoms with Gasteiger partial charge < -0.3 is 35.0 Å². The first kappa shape index (κ1) is 30.7. The van der Waals surface area contributed by atoms with Crippen LogP contribution >= 0.6 is 0 Å². The van der Waals surface area contributed by atoms with E-state index in [1.165, 1.54) is 19.3 Å². The molecule has 0 aromatic carbocycles. The van der Waals surface area contributed by atoms with Gasteiger partial charge in [-0.2, -0.15) is 0 Å². The summed E-state index contributed by atoms with van der Waals surface area (Å²) in [6.45, 7) is 1.62. The van der Waals surface area contributed by atoms with Gasteiger partial charge in [0, 0.05) is 6.42 Å². The number of hydrogen-bond donors (Lipinski definition) is 5. The first-order valence-corrected chi connectivity index (χ1v) is 12.9. The highest BCUT2D eigenvalue weighted by Gasteiger charge is 2.45. The van der Waals surface area contributed by atoms with Gasteiger partial charge in [0.15, 0.2) is 0 Å². The van der Waals surface area contributed by atoms with Gasteiger partial charge in [0.1, 0.15) is 24.4 Å². The Morgan fingerprint density at radius 2 is 1.53 bits per heavy atom. The van der Waals surface area contributed by atoms with Crippen LogP contribution in [0.1, 0.15) is 90.4 Å². The number of carbonyl (C=O) groups is 1. The maximum absolute atomic E-state index is 11.9. The third-order valence-corrected chi connectivity index (χ3v) is 5.98. The van der Waals surface area contributed by atoms with Crippen LogP contribution in [0.25, 0.3) is 0 Å². The van der Waals surface area contributed by atoms with Gasteiger partial charge in [-0.3, -0.25) is 4.79 Å².